The maximum absolute atomic E-state index is 13.3. The first-order chi connectivity index (χ1) is 17.5. The highest BCUT2D eigenvalue weighted by molar-refractivity contribution is 7.90. The predicted octanol–water partition coefficient (Wildman–Crippen LogP) is 5.44. The van der Waals surface area contributed by atoms with Crippen molar-refractivity contribution in [3.63, 3.8) is 0 Å². The van der Waals surface area contributed by atoms with Crippen LogP contribution in [0, 0.1) is 0 Å². The lowest BCUT2D eigenvalue weighted by molar-refractivity contribution is -0.140. The van der Waals surface area contributed by atoms with Gasteiger partial charge in [-0.15, -0.1) is 5.53 Å². The number of hydrogen-bond donors (Lipinski definition) is 2. The number of aromatic nitrogens is 2. The zero-order valence-electron chi connectivity index (χ0n) is 19.2. The molecule has 2 heterocycles. The maximum atomic E-state index is 13.3. The summed E-state index contributed by atoms with van der Waals surface area (Å²) >= 11 is 6.04. The van der Waals surface area contributed by atoms with Crippen molar-refractivity contribution < 1.29 is 21.6 Å². The Morgan fingerprint density at radius 2 is 1.62 bits per heavy atom. The molecule has 4 aromatic rings. The van der Waals surface area contributed by atoms with Crippen LogP contribution in [0.4, 0.5) is 18.9 Å². The molecule has 0 radical (unpaired) electrons. The van der Waals surface area contributed by atoms with E-state index in [1.165, 1.54) is 10.6 Å². The summed E-state index contributed by atoms with van der Waals surface area (Å²) in [5.41, 5.74) is 8.55. The zero-order valence-corrected chi connectivity index (χ0v) is 20.7. The van der Waals surface area contributed by atoms with E-state index in [1.54, 1.807) is 59.7 Å². The molecule has 0 fully saturated rings. The van der Waals surface area contributed by atoms with Crippen molar-refractivity contribution in [2.75, 3.05) is 11.3 Å². The summed E-state index contributed by atoms with van der Waals surface area (Å²) < 4.78 is 65.3. The number of sulfone groups is 1. The topological polar surface area (TPSA) is 79.3 Å². The van der Waals surface area contributed by atoms with Gasteiger partial charge in [-0.2, -0.15) is 13.2 Å². The fraction of sp³-hybridized carbons (Fsp3) is 0.0800. The Hall–Kier alpha value is -3.80. The second-order valence-electron chi connectivity index (χ2n) is 8.30. The fourth-order valence-electron chi connectivity index (χ4n) is 3.92. The summed E-state index contributed by atoms with van der Waals surface area (Å²) in [6.45, 7) is 0. The van der Waals surface area contributed by atoms with E-state index in [-0.39, 0.29) is 4.90 Å². The van der Waals surface area contributed by atoms with Crippen LogP contribution in [0.25, 0.3) is 22.5 Å². The van der Waals surface area contributed by atoms with Gasteiger partial charge in [0, 0.05) is 29.2 Å². The molecule has 3 aromatic carbocycles. The van der Waals surface area contributed by atoms with Gasteiger partial charge in [0.05, 0.1) is 28.3 Å². The van der Waals surface area contributed by atoms with Crippen LogP contribution in [0.3, 0.4) is 0 Å². The highest BCUT2D eigenvalue weighted by Gasteiger charge is 2.34. The van der Waals surface area contributed by atoms with Gasteiger partial charge in [-0.25, -0.2) is 13.4 Å². The fourth-order valence-corrected chi connectivity index (χ4v) is 4.71. The van der Waals surface area contributed by atoms with Crippen LogP contribution in [-0.4, -0.2) is 24.2 Å². The molecule has 0 atom stereocenters. The number of benzene rings is 3. The number of alkyl halides is 3. The second-order valence-corrected chi connectivity index (χ2v) is 10.7. The third kappa shape index (κ3) is 5.06. The monoisotopic (exact) mass is 545 g/mol. The zero-order chi connectivity index (χ0) is 26.4. The summed E-state index contributed by atoms with van der Waals surface area (Å²) in [4.78, 5) is 3.68. The van der Waals surface area contributed by atoms with Crippen molar-refractivity contribution >= 4 is 32.8 Å². The maximum Gasteiger partial charge on any atom is 0.434 e. The molecule has 12 heteroatoms. The molecule has 5 rings (SSSR count). The summed E-state index contributed by atoms with van der Waals surface area (Å²) in [7, 11) is -3.44. The van der Waals surface area contributed by atoms with E-state index in [4.69, 9.17) is 11.6 Å². The quantitative estimate of drug-likeness (QED) is 0.347. The van der Waals surface area contributed by atoms with Crippen LogP contribution in [0.15, 0.2) is 90.3 Å². The molecule has 1 aromatic heterocycles. The Morgan fingerprint density at radius 1 is 0.919 bits per heavy atom. The number of hydrazine groups is 2. The second kappa shape index (κ2) is 9.25. The molecule has 1 aliphatic rings. The third-order valence-electron chi connectivity index (χ3n) is 5.73. The first-order valence-corrected chi connectivity index (χ1v) is 13.1. The van der Waals surface area contributed by atoms with Crippen LogP contribution >= 0.6 is 11.6 Å². The number of rotatable bonds is 5. The molecule has 7 nitrogen and oxygen atoms in total. The molecule has 1 aliphatic heterocycles. The van der Waals surface area contributed by atoms with Gasteiger partial charge in [-0.1, -0.05) is 41.9 Å². The first kappa shape index (κ1) is 24.9. The van der Waals surface area contributed by atoms with Crippen LogP contribution in [0.2, 0.25) is 5.02 Å². The van der Waals surface area contributed by atoms with Crippen LogP contribution < -0.4 is 16.0 Å². The SMILES string of the molecule is CS(=O)(=O)c1cccc(-c2ccc(-n3cnc(C(F)(F)F)c3)c(N3NNC=C3c3ccc(Cl)cc3)c2)c1. The predicted molar refractivity (Wildman–Crippen MR) is 135 cm³/mol. The highest BCUT2D eigenvalue weighted by Crippen LogP contribution is 2.37. The van der Waals surface area contributed by atoms with Crippen molar-refractivity contribution in [3.8, 4) is 16.8 Å². The molecule has 37 heavy (non-hydrogen) atoms. The van der Waals surface area contributed by atoms with Gasteiger partial charge < -0.3 is 9.99 Å². The van der Waals surface area contributed by atoms with Crippen molar-refractivity contribution in [1.82, 2.24) is 20.5 Å². The molecule has 190 valence electrons. The Kier molecular flexibility index (Phi) is 6.22. The first-order valence-electron chi connectivity index (χ1n) is 10.8. The summed E-state index contributed by atoms with van der Waals surface area (Å²) in [6.07, 6.45) is 0.248. The molecule has 0 saturated heterocycles. The van der Waals surface area contributed by atoms with E-state index >= 15 is 0 Å². The number of halogens is 4. The van der Waals surface area contributed by atoms with Crippen molar-refractivity contribution in [3.05, 3.63) is 102 Å². The molecule has 0 aliphatic carbocycles. The van der Waals surface area contributed by atoms with E-state index in [2.05, 4.69) is 15.9 Å². The van der Waals surface area contributed by atoms with Gasteiger partial charge in [0.15, 0.2) is 15.5 Å². The van der Waals surface area contributed by atoms with Gasteiger partial charge in [0.1, 0.15) is 0 Å². The normalized spacial score (nSPS) is 14.0. The average molecular weight is 546 g/mol. The van der Waals surface area contributed by atoms with E-state index in [1.807, 2.05) is 12.1 Å². The molecule has 0 amide bonds. The van der Waals surface area contributed by atoms with Crippen LogP contribution in [-0.2, 0) is 16.0 Å². The Balaban J connectivity index is 1.66. The lowest BCUT2D eigenvalue weighted by Gasteiger charge is -2.25. The third-order valence-corrected chi connectivity index (χ3v) is 7.09. The lowest BCUT2D eigenvalue weighted by atomic mass is 10.0. The average Bonchev–Trinajstić information content (AvgIpc) is 3.54. The molecule has 0 spiro atoms. The van der Waals surface area contributed by atoms with Crippen molar-refractivity contribution in [2.45, 2.75) is 11.1 Å². The van der Waals surface area contributed by atoms with Crippen LogP contribution in [0.1, 0.15) is 11.3 Å². The Bertz CT molecular complexity index is 1620. The molecular formula is C25H19ClF3N5O2S. The molecular weight excluding hydrogens is 527 g/mol. The highest BCUT2D eigenvalue weighted by atomic mass is 35.5. The molecule has 0 bridgehead atoms. The van der Waals surface area contributed by atoms with Crippen LogP contribution in [0.5, 0.6) is 0 Å². The van der Waals surface area contributed by atoms with E-state index in [9.17, 15) is 21.6 Å². The van der Waals surface area contributed by atoms with Gasteiger partial charge in [0.25, 0.3) is 0 Å². The Labute approximate surface area is 215 Å². The summed E-state index contributed by atoms with van der Waals surface area (Å²) in [6, 6.07) is 18.7. The number of imidazole rings is 1. The number of anilines is 1. The van der Waals surface area contributed by atoms with E-state index in [0.29, 0.717) is 33.2 Å². The number of hydrogen-bond acceptors (Lipinski definition) is 6. The molecule has 2 N–H and O–H groups in total. The smallest absolute Gasteiger partial charge is 0.309 e. The molecule has 0 saturated carbocycles. The van der Waals surface area contributed by atoms with Crippen molar-refractivity contribution in [1.29, 1.82) is 0 Å². The molecule has 0 unspecified atom stereocenters. The van der Waals surface area contributed by atoms with Gasteiger partial charge in [0.2, 0.25) is 0 Å². The van der Waals surface area contributed by atoms with E-state index < -0.39 is 21.7 Å². The minimum Gasteiger partial charge on any atom is -0.309 e. The number of nitrogens with one attached hydrogen (secondary N) is 2. The Morgan fingerprint density at radius 3 is 2.30 bits per heavy atom. The summed E-state index contributed by atoms with van der Waals surface area (Å²) in [5.74, 6) is 0. The minimum absolute atomic E-state index is 0.155. The standard InChI is InChI=1S/C25H19ClF3N5O2S/c1-37(35,36)20-4-2-3-17(11-20)18-7-10-21(33-14-24(30-15-33)25(27,28)29)22(12-18)34-23(13-31-32-34)16-5-8-19(26)9-6-16/h2-15,31-32H,1H3. The van der Waals surface area contributed by atoms with Crippen molar-refractivity contribution in [2.24, 2.45) is 0 Å². The lowest BCUT2D eigenvalue weighted by Crippen LogP contribution is -2.37. The van der Waals surface area contributed by atoms with Gasteiger partial charge >= 0.3 is 6.18 Å². The summed E-state index contributed by atoms with van der Waals surface area (Å²) in [5, 5.41) is 2.23. The van der Waals surface area contributed by atoms with Gasteiger partial charge in [-0.05, 0) is 47.5 Å². The minimum atomic E-state index is -4.60. The largest absolute Gasteiger partial charge is 0.434 e. The number of nitrogens with zero attached hydrogens (tertiary/aromatic N) is 3. The van der Waals surface area contributed by atoms with E-state index in [0.717, 1.165) is 24.3 Å². The van der Waals surface area contributed by atoms with Gasteiger partial charge in [-0.3, -0.25) is 5.01 Å².